The third-order valence-corrected chi connectivity index (χ3v) is 10.6. The summed E-state index contributed by atoms with van der Waals surface area (Å²) in [6.07, 6.45) is 3.63. The first-order valence-corrected chi connectivity index (χ1v) is 15.2. The van der Waals surface area contributed by atoms with E-state index in [9.17, 15) is 21.6 Å². The first-order valence-electron chi connectivity index (χ1n) is 11.8. The Balaban J connectivity index is 1.30. The number of benzene rings is 2. The lowest BCUT2D eigenvalue weighted by Crippen LogP contribution is -2.41. The molecule has 35 heavy (non-hydrogen) atoms. The van der Waals surface area contributed by atoms with Gasteiger partial charge in [-0.05, 0) is 67.6 Å². The van der Waals surface area contributed by atoms with Crippen LogP contribution in [0.1, 0.15) is 37.7 Å². The second-order valence-electron chi connectivity index (χ2n) is 9.03. The lowest BCUT2D eigenvalue weighted by atomic mass is 9.97. The van der Waals surface area contributed by atoms with Crippen molar-refractivity contribution in [2.24, 2.45) is 5.92 Å². The van der Waals surface area contributed by atoms with Crippen molar-refractivity contribution in [2.75, 3.05) is 31.5 Å². The zero-order chi connectivity index (χ0) is 25.1. The number of carbonyl (C=O) groups is 1. The third kappa shape index (κ3) is 6.42. The zero-order valence-corrected chi connectivity index (χ0v) is 21.8. The van der Waals surface area contributed by atoms with Crippen molar-refractivity contribution >= 4 is 43.2 Å². The molecule has 2 aromatic carbocycles. The van der Waals surface area contributed by atoms with Crippen molar-refractivity contribution in [3.63, 3.8) is 0 Å². The van der Waals surface area contributed by atoms with Crippen molar-refractivity contribution in [3.05, 3.63) is 59.1 Å². The molecule has 2 aromatic rings. The molecule has 11 heteroatoms. The summed E-state index contributed by atoms with van der Waals surface area (Å²) in [4.78, 5) is 13.0. The molecule has 0 aliphatic carbocycles. The van der Waals surface area contributed by atoms with Gasteiger partial charge in [0.1, 0.15) is 0 Å². The van der Waals surface area contributed by atoms with Crippen LogP contribution in [0.3, 0.4) is 0 Å². The summed E-state index contributed by atoms with van der Waals surface area (Å²) in [5, 5.41) is 3.39. The number of halogens is 1. The van der Waals surface area contributed by atoms with E-state index in [4.69, 9.17) is 11.6 Å². The first-order chi connectivity index (χ1) is 16.6. The van der Waals surface area contributed by atoms with E-state index in [1.54, 1.807) is 36.4 Å². The first kappa shape index (κ1) is 26.1. The predicted octanol–water partition coefficient (Wildman–Crippen LogP) is 3.70. The number of hydrogen-bond donors (Lipinski definition) is 1. The van der Waals surface area contributed by atoms with Crippen LogP contribution in [-0.2, 0) is 30.6 Å². The van der Waals surface area contributed by atoms with Crippen LogP contribution in [0.2, 0.25) is 5.02 Å². The zero-order valence-electron chi connectivity index (χ0n) is 19.4. The van der Waals surface area contributed by atoms with Crippen LogP contribution < -0.4 is 5.32 Å². The molecule has 0 saturated carbocycles. The minimum Gasteiger partial charge on any atom is -0.326 e. The van der Waals surface area contributed by atoms with Crippen LogP contribution in [0.15, 0.2) is 53.4 Å². The van der Waals surface area contributed by atoms with Gasteiger partial charge in [0.15, 0.2) is 0 Å². The lowest BCUT2D eigenvalue weighted by molar-refractivity contribution is -0.120. The average Bonchev–Trinajstić information content (AvgIpc) is 2.86. The van der Waals surface area contributed by atoms with Crippen LogP contribution in [0.25, 0.3) is 0 Å². The molecule has 2 fully saturated rings. The van der Waals surface area contributed by atoms with Crippen molar-refractivity contribution in [1.82, 2.24) is 8.61 Å². The summed E-state index contributed by atoms with van der Waals surface area (Å²) in [6.45, 7) is 1.63. The molecule has 2 saturated heterocycles. The Bertz CT molecular complexity index is 1240. The monoisotopic (exact) mass is 539 g/mol. The maximum absolute atomic E-state index is 12.8. The van der Waals surface area contributed by atoms with Gasteiger partial charge in [-0.15, -0.1) is 0 Å². The van der Waals surface area contributed by atoms with Gasteiger partial charge in [-0.3, -0.25) is 4.79 Å². The quantitative estimate of drug-likeness (QED) is 0.578. The Hall–Kier alpha value is -1.98. The second kappa shape index (κ2) is 11.0. The van der Waals surface area contributed by atoms with E-state index in [0.29, 0.717) is 42.2 Å². The number of sulfonamides is 2. The number of piperidine rings is 2. The highest BCUT2D eigenvalue weighted by molar-refractivity contribution is 7.89. The summed E-state index contributed by atoms with van der Waals surface area (Å²) in [5.41, 5.74) is 1.19. The summed E-state index contributed by atoms with van der Waals surface area (Å²) >= 11 is 5.87. The van der Waals surface area contributed by atoms with Gasteiger partial charge in [-0.2, -0.15) is 4.31 Å². The van der Waals surface area contributed by atoms with E-state index in [1.165, 1.54) is 20.7 Å². The minimum atomic E-state index is -3.52. The van der Waals surface area contributed by atoms with Gasteiger partial charge in [0.2, 0.25) is 26.0 Å². The van der Waals surface area contributed by atoms with Gasteiger partial charge in [-0.1, -0.05) is 30.2 Å². The molecule has 2 heterocycles. The normalized spacial score (nSPS) is 18.9. The number of nitrogens with zero attached hydrogens (tertiary/aromatic N) is 2. The number of carbonyl (C=O) groups excluding carboxylic acids is 1. The minimum absolute atomic E-state index is 0.103. The standard InChI is InChI=1S/C24H30ClN3O5S2/c25-21-6-4-19(5-7-21)18-34(30,31)27-16-12-20(13-17-27)24(29)26-22-8-10-23(11-9-22)35(32,33)28-14-2-1-3-15-28/h4-11,20H,1-3,12-18H2,(H,26,29). The van der Waals surface area contributed by atoms with E-state index in [1.807, 2.05) is 0 Å². The summed E-state index contributed by atoms with van der Waals surface area (Å²) in [5.74, 6) is -0.603. The molecule has 1 N–H and O–H groups in total. The fourth-order valence-corrected chi connectivity index (χ4v) is 7.69. The average molecular weight is 540 g/mol. The highest BCUT2D eigenvalue weighted by Gasteiger charge is 2.31. The van der Waals surface area contributed by atoms with Crippen molar-refractivity contribution in [1.29, 1.82) is 0 Å². The Kier molecular flexibility index (Phi) is 8.17. The molecule has 0 radical (unpaired) electrons. The van der Waals surface area contributed by atoms with Crippen molar-refractivity contribution in [3.8, 4) is 0 Å². The molecule has 0 bridgehead atoms. The molecule has 190 valence electrons. The summed E-state index contributed by atoms with van der Waals surface area (Å²) < 4.78 is 54.1. The number of anilines is 1. The maximum atomic E-state index is 12.8. The van der Waals surface area contributed by atoms with Gasteiger partial charge >= 0.3 is 0 Å². The van der Waals surface area contributed by atoms with Crippen LogP contribution in [-0.4, -0.2) is 57.5 Å². The smallest absolute Gasteiger partial charge is 0.243 e. The number of rotatable bonds is 7. The number of nitrogens with one attached hydrogen (secondary N) is 1. The number of amides is 1. The van der Waals surface area contributed by atoms with Gasteiger partial charge in [-0.25, -0.2) is 21.1 Å². The fraction of sp³-hybridized carbons (Fsp3) is 0.458. The van der Waals surface area contributed by atoms with Gasteiger partial charge in [0.05, 0.1) is 10.6 Å². The lowest BCUT2D eigenvalue weighted by Gasteiger charge is -2.30. The molecule has 1 amide bonds. The molecule has 0 aromatic heterocycles. The molecular formula is C24H30ClN3O5S2. The molecular weight excluding hydrogens is 510 g/mol. The van der Waals surface area contributed by atoms with Crippen LogP contribution in [0.4, 0.5) is 5.69 Å². The van der Waals surface area contributed by atoms with E-state index < -0.39 is 20.0 Å². The van der Waals surface area contributed by atoms with Gasteiger partial charge in [0, 0.05) is 42.8 Å². The van der Waals surface area contributed by atoms with Crippen LogP contribution >= 0.6 is 11.6 Å². The van der Waals surface area contributed by atoms with Crippen molar-refractivity contribution in [2.45, 2.75) is 42.8 Å². The molecule has 4 rings (SSSR count). The summed E-state index contributed by atoms with van der Waals surface area (Å²) in [6, 6.07) is 13.0. The molecule has 2 aliphatic rings. The molecule has 0 unspecified atom stereocenters. The van der Waals surface area contributed by atoms with E-state index >= 15 is 0 Å². The largest absolute Gasteiger partial charge is 0.326 e. The Morgan fingerprint density at radius 3 is 2.03 bits per heavy atom. The van der Waals surface area contributed by atoms with E-state index in [2.05, 4.69) is 5.32 Å². The summed E-state index contributed by atoms with van der Waals surface area (Å²) in [7, 11) is -7.01. The van der Waals surface area contributed by atoms with Gasteiger partial charge in [0.25, 0.3) is 0 Å². The second-order valence-corrected chi connectivity index (χ2v) is 13.4. The SMILES string of the molecule is O=C(Nc1ccc(S(=O)(=O)N2CCCCC2)cc1)C1CCN(S(=O)(=O)Cc2ccc(Cl)cc2)CC1. The van der Waals surface area contributed by atoms with Crippen molar-refractivity contribution < 1.29 is 21.6 Å². The third-order valence-electron chi connectivity index (χ3n) is 6.56. The Labute approximate surface area is 212 Å². The van der Waals surface area contributed by atoms with E-state index in [-0.39, 0.29) is 35.6 Å². The molecule has 0 atom stereocenters. The Morgan fingerprint density at radius 2 is 1.43 bits per heavy atom. The van der Waals surface area contributed by atoms with Gasteiger partial charge < -0.3 is 5.32 Å². The maximum Gasteiger partial charge on any atom is 0.243 e. The Morgan fingerprint density at radius 1 is 0.829 bits per heavy atom. The highest BCUT2D eigenvalue weighted by atomic mass is 35.5. The fourth-order valence-electron chi connectivity index (χ4n) is 4.49. The highest BCUT2D eigenvalue weighted by Crippen LogP contribution is 2.25. The van der Waals surface area contributed by atoms with Crippen LogP contribution in [0, 0.1) is 5.92 Å². The van der Waals surface area contributed by atoms with E-state index in [0.717, 1.165) is 19.3 Å². The topological polar surface area (TPSA) is 104 Å². The predicted molar refractivity (Wildman–Crippen MR) is 136 cm³/mol. The molecule has 0 spiro atoms. The molecule has 8 nitrogen and oxygen atoms in total. The molecule has 2 aliphatic heterocycles. The van der Waals surface area contributed by atoms with Crippen LogP contribution in [0.5, 0.6) is 0 Å². The number of hydrogen-bond acceptors (Lipinski definition) is 5.